The Balaban J connectivity index is 1.69. The molecule has 2 heterocycles. The summed E-state index contributed by atoms with van der Waals surface area (Å²) in [7, 11) is 2.15. The van der Waals surface area contributed by atoms with Crippen LogP contribution in [-0.4, -0.2) is 54.0 Å². The quantitative estimate of drug-likeness (QED) is 0.852. The number of ether oxygens (including phenoxy) is 1. The maximum Gasteiger partial charge on any atom is 0.263 e. The summed E-state index contributed by atoms with van der Waals surface area (Å²) in [5.41, 5.74) is 0.464. The lowest BCUT2D eigenvalue weighted by Crippen LogP contribution is -2.50. The predicted molar refractivity (Wildman–Crippen MR) is 91.6 cm³/mol. The van der Waals surface area contributed by atoms with Gasteiger partial charge in [-0.3, -0.25) is 4.79 Å². The van der Waals surface area contributed by atoms with Crippen LogP contribution in [0.1, 0.15) is 38.2 Å². The number of para-hydroxylation sites is 1. The Morgan fingerprint density at radius 3 is 2.67 bits per heavy atom. The highest BCUT2D eigenvalue weighted by atomic mass is 16.5. The van der Waals surface area contributed by atoms with Crippen LogP contribution >= 0.6 is 0 Å². The number of carbonyl (C=O) groups excluding carboxylic acids is 1. The zero-order valence-electron chi connectivity index (χ0n) is 14.4. The molecule has 0 spiro atoms. The fourth-order valence-electron chi connectivity index (χ4n) is 4.02. The van der Waals surface area contributed by atoms with Gasteiger partial charge >= 0.3 is 0 Å². The van der Waals surface area contributed by atoms with E-state index in [1.165, 1.54) is 6.42 Å². The van der Waals surface area contributed by atoms with Crippen molar-refractivity contribution in [2.75, 3.05) is 20.1 Å². The molecule has 3 rings (SSSR count). The molecule has 1 amide bonds. The van der Waals surface area contributed by atoms with Crippen molar-refractivity contribution in [2.24, 2.45) is 0 Å². The maximum absolute atomic E-state index is 12.9. The molecule has 5 heteroatoms. The largest absolute Gasteiger partial charge is 0.480 e. The number of nitriles is 1. The Morgan fingerprint density at radius 2 is 1.96 bits per heavy atom. The third kappa shape index (κ3) is 3.25. The molecule has 24 heavy (non-hydrogen) atoms. The van der Waals surface area contributed by atoms with Gasteiger partial charge in [0.1, 0.15) is 11.8 Å². The zero-order valence-corrected chi connectivity index (χ0v) is 14.4. The molecule has 128 valence electrons. The fourth-order valence-corrected chi connectivity index (χ4v) is 4.02. The summed E-state index contributed by atoms with van der Waals surface area (Å²) in [4.78, 5) is 17.3. The van der Waals surface area contributed by atoms with E-state index in [9.17, 15) is 4.79 Å². The van der Waals surface area contributed by atoms with Crippen LogP contribution in [0.15, 0.2) is 24.3 Å². The second-order valence-corrected chi connectivity index (χ2v) is 6.80. The topological polar surface area (TPSA) is 56.6 Å². The number of benzene rings is 1. The summed E-state index contributed by atoms with van der Waals surface area (Å²) in [6.45, 7) is 3.70. The van der Waals surface area contributed by atoms with E-state index in [0.29, 0.717) is 23.4 Å². The van der Waals surface area contributed by atoms with Gasteiger partial charge < -0.3 is 14.5 Å². The number of amides is 1. The van der Waals surface area contributed by atoms with Crippen molar-refractivity contribution in [1.82, 2.24) is 9.80 Å². The van der Waals surface area contributed by atoms with Crippen LogP contribution in [0.25, 0.3) is 0 Å². The van der Waals surface area contributed by atoms with E-state index in [1.54, 1.807) is 25.1 Å². The summed E-state index contributed by atoms with van der Waals surface area (Å²) in [6, 6.07) is 9.94. The van der Waals surface area contributed by atoms with Crippen molar-refractivity contribution in [3.05, 3.63) is 29.8 Å². The van der Waals surface area contributed by atoms with E-state index >= 15 is 0 Å². The zero-order chi connectivity index (χ0) is 17.1. The van der Waals surface area contributed by atoms with E-state index in [4.69, 9.17) is 10.00 Å². The van der Waals surface area contributed by atoms with Gasteiger partial charge in [-0.1, -0.05) is 12.1 Å². The SMILES string of the molecule is C[C@H](Oc1ccccc1C#N)C(=O)N1CCC[C@@H]1[C@H]1CCCN1C. The maximum atomic E-state index is 12.9. The van der Waals surface area contributed by atoms with Crippen LogP contribution in [-0.2, 0) is 4.79 Å². The summed E-state index contributed by atoms with van der Waals surface area (Å²) >= 11 is 0. The molecule has 0 aromatic heterocycles. The summed E-state index contributed by atoms with van der Waals surface area (Å²) in [5, 5.41) is 9.17. The Morgan fingerprint density at radius 1 is 1.25 bits per heavy atom. The van der Waals surface area contributed by atoms with Gasteiger partial charge in [-0.05, 0) is 58.3 Å². The van der Waals surface area contributed by atoms with Crippen molar-refractivity contribution >= 4 is 5.91 Å². The van der Waals surface area contributed by atoms with Gasteiger partial charge in [0.05, 0.1) is 5.56 Å². The number of nitrogens with zero attached hydrogens (tertiary/aromatic N) is 3. The first-order chi connectivity index (χ1) is 11.6. The second-order valence-electron chi connectivity index (χ2n) is 6.80. The Kier molecular flexibility index (Phi) is 5.06. The summed E-state index contributed by atoms with van der Waals surface area (Å²) < 4.78 is 5.82. The van der Waals surface area contributed by atoms with Crippen LogP contribution in [0.3, 0.4) is 0 Å². The van der Waals surface area contributed by atoms with Crippen molar-refractivity contribution in [3.8, 4) is 11.8 Å². The molecule has 0 saturated carbocycles. The smallest absolute Gasteiger partial charge is 0.263 e. The molecule has 0 radical (unpaired) electrons. The highest BCUT2D eigenvalue weighted by Crippen LogP contribution is 2.30. The molecule has 1 aromatic carbocycles. The predicted octanol–water partition coefficient (Wildman–Crippen LogP) is 2.41. The Bertz CT molecular complexity index is 640. The summed E-state index contributed by atoms with van der Waals surface area (Å²) in [5.74, 6) is 0.514. The van der Waals surface area contributed by atoms with Crippen LogP contribution in [0.2, 0.25) is 0 Å². The van der Waals surface area contributed by atoms with Gasteiger partial charge in [0.2, 0.25) is 0 Å². The number of likely N-dealkylation sites (N-methyl/N-ethyl adjacent to an activating group) is 1. The van der Waals surface area contributed by atoms with E-state index in [2.05, 4.69) is 18.0 Å². The molecule has 2 aliphatic rings. The summed E-state index contributed by atoms with van der Waals surface area (Å²) in [6.07, 6.45) is 3.93. The van der Waals surface area contributed by atoms with Crippen LogP contribution < -0.4 is 4.74 Å². The lowest BCUT2D eigenvalue weighted by molar-refractivity contribution is -0.139. The molecule has 2 fully saturated rings. The van der Waals surface area contributed by atoms with Gasteiger partial charge in [-0.25, -0.2) is 0 Å². The number of hydrogen-bond acceptors (Lipinski definition) is 4. The molecule has 0 N–H and O–H groups in total. The van der Waals surface area contributed by atoms with E-state index in [1.807, 2.05) is 11.0 Å². The van der Waals surface area contributed by atoms with Crippen molar-refractivity contribution < 1.29 is 9.53 Å². The van der Waals surface area contributed by atoms with Crippen molar-refractivity contribution in [3.63, 3.8) is 0 Å². The monoisotopic (exact) mass is 327 g/mol. The molecule has 0 bridgehead atoms. The Labute approximate surface area is 143 Å². The third-order valence-electron chi connectivity index (χ3n) is 5.26. The lowest BCUT2D eigenvalue weighted by atomic mass is 10.0. The number of hydrogen-bond donors (Lipinski definition) is 0. The highest BCUT2D eigenvalue weighted by Gasteiger charge is 2.39. The van der Waals surface area contributed by atoms with E-state index in [-0.39, 0.29) is 5.91 Å². The minimum absolute atomic E-state index is 0.0329. The standard InChI is InChI=1S/C19H25N3O2/c1-14(24-18-10-4-3-7-15(18)13-20)19(23)22-12-6-9-17(22)16-8-5-11-21(16)2/h3-4,7,10,14,16-17H,5-6,8-9,11-12H2,1-2H3/t14-,16+,17+/m0/s1. The number of carbonyl (C=O) groups is 1. The molecule has 3 atom stereocenters. The second kappa shape index (κ2) is 7.23. The minimum Gasteiger partial charge on any atom is -0.480 e. The first kappa shape index (κ1) is 16.8. The Hall–Kier alpha value is -2.06. The number of rotatable bonds is 4. The van der Waals surface area contributed by atoms with Crippen LogP contribution in [0.5, 0.6) is 5.75 Å². The van der Waals surface area contributed by atoms with Crippen molar-refractivity contribution in [2.45, 2.75) is 50.8 Å². The normalized spacial score (nSPS) is 25.5. The molecular weight excluding hydrogens is 302 g/mol. The molecule has 0 unspecified atom stereocenters. The number of likely N-dealkylation sites (tertiary alicyclic amines) is 2. The fraction of sp³-hybridized carbons (Fsp3) is 0.579. The molecule has 2 aliphatic heterocycles. The van der Waals surface area contributed by atoms with Crippen LogP contribution in [0.4, 0.5) is 0 Å². The molecule has 1 aromatic rings. The molecular formula is C19H25N3O2. The average molecular weight is 327 g/mol. The van der Waals surface area contributed by atoms with E-state index < -0.39 is 6.10 Å². The van der Waals surface area contributed by atoms with Gasteiger partial charge in [0.25, 0.3) is 5.91 Å². The van der Waals surface area contributed by atoms with Gasteiger partial charge in [-0.15, -0.1) is 0 Å². The highest BCUT2D eigenvalue weighted by molar-refractivity contribution is 5.81. The molecule has 5 nitrogen and oxygen atoms in total. The molecule has 0 aliphatic carbocycles. The van der Waals surface area contributed by atoms with Gasteiger partial charge in [-0.2, -0.15) is 5.26 Å². The lowest BCUT2D eigenvalue weighted by Gasteiger charge is -2.34. The van der Waals surface area contributed by atoms with Gasteiger partial charge in [0.15, 0.2) is 6.10 Å². The van der Waals surface area contributed by atoms with Crippen LogP contribution in [0, 0.1) is 11.3 Å². The first-order valence-electron chi connectivity index (χ1n) is 8.78. The average Bonchev–Trinajstić information content (AvgIpc) is 3.22. The first-order valence-corrected chi connectivity index (χ1v) is 8.78. The van der Waals surface area contributed by atoms with E-state index in [0.717, 1.165) is 32.4 Å². The van der Waals surface area contributed by atoms with Crippen molar-refractivity contribution in [1.29, 1.82) is 5.26 Å². The molecule has 2 saturated heterocycles. The third-order valence-corrected chi connectivity index (χ3v) is 5.26. The van der Waals surface area contributed by atoms with Gasteiger partial charge in [0, 0.05) is 18.6 Å². The minimum atomic E-state index is -0.577.